The number of halogens is 3. The minimum Gasteiger partial charge on any atom is -0.349 e. The summed E-state index contributed by atoms with van der Waals surface area (Å²) in [6, 6.07) is 10.9. The predicted molar refractivity (Wildman–Crippen MR) is 136 cm³/mol. The smallest absolute Gasteiger partial charge is 0.349 e. The van der Waals surface area contributed by atoms with Gasteiger partial charge in [-0.1, -0.05) is 32.9 Å². The van der Waals surface area contributed by atoms with Gasteiger partial charge < -0.3 is 4.90 Å². The second-order valence-electron chi connectivity index (χ2n) is 9.47. The van der Waals surface area contributed by atoms with Crippen LogP contribution in [0.25, 0.3) is 11.0 Å². The van der Waals surface area contributed by atoms with Crippen molar-refractivity contribution < 1.29 is 13.2 Å². The van der Waals surface area contributed by atoms with Crippen LogP contribution < -0.4 is 10.6 Å². The normalized spacial score (nSPS) is 19.7. The van der Waals surface area contributed by atoms with Crippen LogP contribution in [0.2, 0.25) is 0 Å². The predicted octanol–water partition coefficient (Wildman–Crippen LogP) is 5.05. The first-order valence-electron chi connectivity index (χ1n) is 12.6. The van der Waals surface area contributed by atoms with E-state index in [1.807, 2.05) is 6.92 Å². The van der Waals surface area contributed by atoms with E-state index in [-0.39, 0.29) is 23.8 Å². The van der Waals surface area contributed by atoms with Gasteiger partial charge in [-0.05, 0) is 49.1 Å². The summed E-state index contributed by atoms with van der Waals surface area (Å²) in [4.78, 5) is 26.1. The zero-order chi connectivity index (χ0) is 26.9. The summed E-state index contributed by atoms with van der Waals surface area (Å²) in [7, 11) is 1.63. The molecule has 2 aromatic heterocycles. The fourth-order valence-corrected chi connectivity index (χ4v) is 5.35. The molecule has 196 valence electrons. The van der Waals surface area contributed by atoms with Gasteiger partial charge in [-0.25, -0.2) is 9.78 Å². The number of hydrogen-bond acceptors (Lipinski definition) is 6. The van der Waals surface area contributed by atoms with Gasteiger partial charge in [-0.2, -0.15) is 23.4 Å². The minimum absolute atomic E-state index is 0.00152. The molecule has 4 rings (SSSR count). The maximum absolute atomic E-state index is 13.1. The van der Waals surface area contributed by atoms with Gasteiger partial charge in [0.2, 0.25) is 0 Å². The molecule has 37 heavy (non-hydrogen) atoms. The zero-order valence-corrected chi connectivity index (χ0v) is 21.5. The highest BCUT2D eigenvalue weighted by Crippen LogP contribution is 2.36. The van der Waals surface area contributed by atoms with Crippen molar-refractivity contribution in [1.29, 1.82) is 5.26 Å². The maximum Gasteiger partial charge on any atom is 0.416 e. The Bertz CT molecular complexity index is 1360. The van der Waals surface area contributed by atoms with Crippen molar-refractivity contribution in [3.05, 3.63) is 63.7 Å². The molecule has 0 spiro atoms. The van der Waals surface area contributed by atoms with E-state index in [1.165, 1.54) is 4.57 Å². The molecule has 1 saturated heterocycles. The molecule has 1 unspecified atom stereocenters. The first kappa shape index (κ1) is 26.6. The van der Waals surface area contributed by atoms with Gasteiger partial charge in [-0.3, -0.25) is 9.47 Å². The summed E-state index contributed by atoms with van der Waals surface area (Å²) in [5.41, 5.74) is 1.18. The van der Waals surface area contributed by atoms with Gasteiger partial charge in [0.25, 0.3) is 0 Å². The van der Waals surface area contributed by atoms with Crippen LogP contribution in [-0.4, -0.2) is 44.6 Å². The van der Waals surface area contributed by atoms with Crippen molar-refractivity contribution in [3.63, 3.8) is 0 Å². The first-order valence-corrected chi connectivity index (χ1v) is 12.6. The molecular weight excluding hydrogens is 481 g/mol. The largest absolute Gasteiger partial charge is 0.416 e. The summed E-state index contributed by atoms with van der Waals surface area (Å²) < 4.78 is 40.8. The number of piperazine rings is 1. The lowest BCUT2D eigenvalue weighted by atomic mass is 9.94. The number of aryl methyl sites for hydroxylation is 1. The van der Waals surface area contributed by atoms with Gasteiger partial charge in [0.05, 0.1) is 11.1 Å². The third-order valence-electron chi connectivity index (χ3n) is 7.41. The third kappa shape index (κ3) is 5.05. The minimum atomic E-state index is -4.37. The number of nitriles is 1. The summed E-state index contributed by atoms with van der Waals surface area (Å²) in [5.74, 6) is 0.475. The van der Waals surface area contributed by atoms with Crippen LogP contribution in [0.15, 0.2) is 41.2 Å². The quantitative estimate of drug-likeness (QED) is 0.460. The number of fused-ring (bicyclic) bond motifs is 1. The number of rotatable bonds is 6. The Morgan fingerprint density at radius 2 is 1.70 bits per heavy atom. The number of aromatic nitrogens is 3. The van der Waals surface area contributed by atoms with Crippen LogP contribution in [-0.2, 0) is 13.2 Å². The molecule has 0 bridgehead atoms. The van der Waals surface area contributed by atoms with E-state index in [0.29, 0.717) is 29.9 Å². The molecule has 3 atom stereocenters. The lowest BCUT2D eigenvalue weighted by Gasteiger charge is -2.49. The van der Waals surface area contributed by atoms with Gasteiger partial charge in [-0.15, -0.1) is 0 Å². The van der Waals surface area contributed by atoms with Gasteiger partial charge >= 0.3 is 11.9 Å². The SMILES string of the molecule is CCC(c1ccc(C(F)(F)F)cc1)N1C[C@H](CC)N(c2nc(=O)n(C)c3ccc(C#N)nc23)C[C@@H]1CC. The number of benzene rings is 1. The first-order chi connectivity index (χ1) is 17.6. The topological polar surface area (TPSA) is 78.0 Å². The highest BCUT2D eigenvalue weighted by molar-refractivity contribution is 5.86. The maximum atomic E-state index is 13.1. The molecule has 1 aliphatic rings. The van der Waals surface area contributed by atoms with E-state index in [9.17, 15) is 23.2 Å². The number of anilines is 1. The van der Waals surface area contributed by atoms with Crippen molar-refractivity contribution in [3.8, 4) is 6.07 Å². The van der Waals surface area contributed by atoms with Crippen LogP contribution in [0, 0.1) is 11.3 Å². The van der Waals surface area contributed by atoms with Crippen molar-refractivity contribution in [1.82, 2.24) is 19.4 Å². The Morgan fingerprint density at radius 3 is 2.27 bits per heavy atom. The summed E-state index contributed by atoms with van der Waals surface area (Å²) in [6.45, 7) is 7.44. The standard InChI is InChI=1S/C27H31F3N6O/c1-5-20-16-36(25-24-23(34(4)26(37)33-25)13-12-19(14-31)32-24)21(6-2)15-35(20)22(7-3)17-8-10-18(11-9-17)27(28,29)30/h8-13,20-22H,5-7,15-16H2,1-4H3/t20-,21-,22?/m0/s1. The van der Waals surface area contributed by atoms with Gasteiger partial charge in [0.1, 0.15) is 17.3 Å². The second-order valence-corrected chi connectivity index (χ2v) is 9.47. The zero-order valence-electron chi connectivity index (χ0n) is 21.5. The molecule has 0 amide bonds. The molecular formula is C27H31F3N6O. The summed E-state index contributed by atoms with van der Waals surface area (Å²) in [6.07, 6.45) is -2.04. The van der Waals surface area contributed by atoms with Crippen molar-refractivity contribution >= 4 is 16.9 Å². The highest BCUT2D eigenvalue weighted by Gasteiger charge is 2.38. The Hall–Kier alpha value is -3.45. The highest BCUT2D eigenvalue weighted by atomic mass is 19.4. The van der Waals surface area contributed by atoms with Crippen LogP contribution in [0.4, 0.5) is 19.0 Å². The number of hydrogen-bond donors (Lipinski definition) is 0. The Kier molecular flexibility index (Phi) is 7.55. The molecule has 0 saturated carbocycles. The monoisotopic (exact) mass is 512 g/mol. The van der Waals surface area contributed by atoms with E-state index in [4.69, 9.17) is 0 Å². The van der Waals surface area contributed by atoms with E-state index >= 15 is 0 Å². The van der Waals surface area contributed by atoms with E-state index in [1.54, 1.807) is 31.3 Å². The Balaban J connectivity index is 1.73. The van der Waals surface area contributed by atoms with Gasteiger partial charge in [0, 0.05) is 38.3 Å². The fourth-order valence-electron chi connectivity index (χ4n) is 5.35. The molecule has 3 aromatic rings. The van der Waals surface area contributed by atoms with Gasteiger partial charge in [0.15, 0.2) is 5.82 Å². The fraction of sp³-hybridized carbons (Fsp3) is 0.481. The van der Waals surface area contributed by atoms with E-state index in [0.717, 1.165) is 37.0 Å². The molecule has 3 heterocycles. The molecule has 1 aliphatic heterocycles. The number of pyridine rings is 1. The second kappa shape index (κ2) is 10.5. The van der Waals surface area contributed by atoms with E-state index < -0.39 is 17.4 Å². The van der Waals surface area contributed by atoms with Crippen LogP contribution >= 0.6 is 0 Å². The average Bonchev–Trinajstić information content (AvgIpc) is 2.90. The molecule has 7 nitrogen and oxygen atoms in total. The molecule has 0 N–H and O–H groups in total. The Morgan fingerprint density at radius 1 is 1.03 bits per heavy atom. The van der Waals surface area contributed by atoms with Crippen LogP contribution in [0.3, 0.4) is 0 Å². The summed E-state index contributed by atoms with van der Waals surface area (Å²) in [5, 5.41) is 9.41. The lowest BCUT2D eigenvalue weighted by Crippen LogP contribution is -2.59. The number of nitrogens with zero attached hydrogens (tertiary/aromatic N) is 6. The van der Waals surface area contributed by atoms with Crippen molar-refractivity contribution in [2.75, 3.05) is 18.0 Å². The average molecular weight is 513 g/mol. The molecule has 1 aromatic carbocycles. The summed E-state index contributed by atoms with van der Waals surface area (Å²) >= 11 is 0. The van der Waals surface area contributed by atoms with E-state index in [2.05, 4.69) is 39.7 Å². The molecule has 1 fully saturated rings. The number of alkyl halides is 3. The van der Waals surface area contributed by atoms with Crippen LogP contribution in [0.1, 0.15) is 62.9 Å². The lowest BCUT2D eigenvalue weighted by molar-refractivity contribution is -0.137. The van der Waals surface area contributed by atoms with Crippen LogP contribution in [0.5, 0.6) is 0 Å². The molecule has 0 aliphatic carbocycles. The van der Waals surface area contributed by atoms with Crippen molar-refractivity contribution in [2.24, 2.45) is 7.05 Å². The Labute approximate surface area is 214 Å². The molecule has 0 radical (unpaired) electrons. The third-order valence-corrected chi connectivity index (χ3v) is 7.41. The van der Waals surface area contributed by atoms with Crippen molar-refractivity contribution in [2.45, 2.75) is 64.3 Å². The molecule has 10 heteroatoms.